The fraction of sp³-hybridized carbons (Fsp3) is 0.500. The van der Waals surface area contributed by atoms with Gasteiger partial charge in [0.05, 0.1) is 29.8 Å². The number of hydrogen-bond acceptors (Lipinski definition) is 6. The first kappa shape index (κ1) is 18.6. The van der Waals surface area contributed by atoms with Crippen molar-refractivity contribution in [3.8, 4) is 5.75 Å². The predicted molar refractivity (Wildman–Crippen MR) is 83.8 cm³/mol. The van der Waals surface area contributed by atoms with E-state index in [0.29, 0.717) is 43.7 Å². The third-order valence-electron chi connectivity index (χ3n) is 3.24. The molecule has 0 fully saturated rings. The summed E-state index contributed by atoms with van der Waals surface area (Å²) in [5.41, 5.74) is 0.446. The zero-order valence-electron chi connectivity index (χ0n) is 13.4. The minimum absolute atomic E-state index is 0.0364. The highest BCUT2D eigenvalue weighted by Gasteiger charge is 2.17. The van der Waals surface area contributed by atoms with Crippen LogP contribution in [-0.2, 0) is 9.53 Å². The summed E-state index contributed by atoms with van der Waals surface area (Å²) >= 11 is 0. The van der Waals surface area contributed by atoms with E-state index in [0.717, 1.165) is 12.8 Å². The fourth-order valence-corrected chi connectivity index (χ4v) is 2.07. The van der Waals surface area contributed by atoms with Gasteiger partial charge in [-0.1, -0.05) is 0 Å². The molecule has 0 bridgehead atoms. The van der Waals surface area contributed by atoms with E-state index < -0.39 is 4.92 Å². The monoisotopic (exact) mass is 323 g/mol. The second kappa shape index (κ2) is 9.55. The highest BCUT2D eigenvalue weighted by molar-refractivity contribution is 5.82. The molecule has 0 aliphatic heterocycles. The van der Waals surface area contributed by atoms with Crippen molar-refractivity contribution in [3.05, 3.63) is 33.4 Å². The van der Waals surface area contributed by atoms with Crippen LogP contribution in [-0.4, -0.2) is 30.4 Å². The summed E-state index contributed by atoms with van der Waals surface area (Å²) in [5.74, 6) is 0.192. The number of carbonyl (C=O) groups excluding carboxylic acids is 2. The Morgan fingerprint density at radius 3 is 2.65 bits per heavy atom. The summed E-state index contributed by atoms with van der Waals surface area (Å²) in [6, 6.07) is 2.72. The van der Waals surface area contributed by atoms with E-state index in [1.54, 1.807) is 13.8 Å². The Morgan fingerprint density at radius 1 is 1.30 bits per heavy atom. The van der Waals surface area contributed by atoms with Crippen molar-refractivity contribution >= 4 is 17.9 Å². The zero-order chi connectivity index (χ0) is 17.2. The highest BCUT2D eigenvalue weighted by atomic mass is 16.6. The summed E-state index contributed by atoms with van der Waals surface area (Å²) in [6.07, 6.45) is 3.08. The van der Waals surface area contributed by atoms with Crippen molar-refractivity contribution in [1.82, 2.24) is 0 Å². The molecule has 126 valence electrons. The maximum atomic E-state index is 11.2. The molecule has 0 saturated carbocycles. The van der Waals surface area contributed by atoms with Gasteiger partial charge in [0.25, 0.3) is 5.69 Å². The molecule has 0 saturated heterocycles. The Labute approximate surface area is 134 Å². The lowest BCUT2D eigenvalue weighted by atomic mass is 10.1. The smallest absolute Gasteiger partial charge is 0.305 e. The van der Waals surface area contributed by atoms with Gasteiger partial charge in [-0.2, -0.15) is 0 Å². The molecular formula is C16H21NO6. The van der Waals surface area contributed by atoms with Gasteiger partial charge >= 0.3 is 5.97 Å². The van der Waals surface area contributed by atoms with E-state index in [1.807, 2.05) is 0 Å². The molecule has 0 N–H and O–H groups in total. The largest absolute Gasteiger partial charge is 0.493 e. The van der Waals surface area contributed by atoms with Gasteiger partial charge in [0.15, 0.2) is 6.29 Å². The minimum atomic E-state index is -0.602. The van der Waals surface area contributed by atoms with Crippen LogP contribution in [0, 0.1) is 17.0 Å². The second-order valence-electron chi connectivity index (χ2n) is 5.02. The Bertz CT molecular complexity index is 570. The number of aldehydes is 1. The number of rotatable bonds is 10. The van der Waals surface area contributed by atoms with Gasteiger partial charge < -0.3 is 9.47 Å². The van der Waals surface area contributed by atoms with Crippen LogP contribution in [0.1, 0.15) is 48.5 Å². The number of hydrogen-bond donors (Lipinski definition) is 0. The first-order valence-electron chi connectivity index (χ1n) is 7.52. The second-order valence-corrected chi connectivity index (χ2v) is 5.02. The Hall–Kier alpha value is -2.44. The molecule has 7 nitrogen and oxygen atoms in total. The molecule has 0 aromatic heterocycles. The van der Waals surface area contributed by atoms with Crippen LogP contribution in [0.2, 0.25) is 0 Å². The van der Waals surface area contributed by atoms with Gasteiger partial charge in [-0.15, -0.1) is 0 Å². The predicted octanol–water partition coefficient (Wildman–Crippen LogP) is 3.22. The number of nitro benzene ring substituents is 1. The molecule has 23 heavy (non-hydrogen) atoms. The van der Waals surface area contributed by atoms with Crippen molar-refractivity contribution in [3.63, 3.8) is 0 Å². The third-order valence-corrected chi connectivity index (χ3v) is 3.24. The lowest BCUT2D eigenvalue weighted by Gasteiger charge is -2.10. The number of nitro groups is 1. The number of carbonyl (C=O) groups is 2. The van der Waals surface area contributed by atoms with Gasteiger partial charge in [-0.3, -0.25) is 19.7 Å². The van der Waals surface area contributed by atoms with Crippen molar-refractivity contribution in [2.75, 3.05) is 13.2 Å². The molecule has 0 radical (unpaired) electrons. The Morgan fingerprint density at radius 2 is 2.04 bits per heavy atom. The summed E-state index contributed by atoms with van der Waals surface area (Å²) < 4.78 is 10.4. The summed E-state index contributed by atoms with van der Waals surface area (Å²) in [6.45, 7) is 4.27. The van der Waals surface area contributed by atoms with Crippen LogP contribution in [0.4, 0.5) is 5.69 Å². The Kier molecular flexibility index (Phi) is 7.73. The zero-order valence-corrected chi connectivity index (χ0v) is 13.4. The van der Waals surface area contributed by atoms with Crippen LogP contribution in [0.15, 0.2) is 12.1 Å². The molecule has 0 amide bonds. The normalized spacial score (nSPS) is 10.2. The Balaban J connectivity index is 2.46. The van der Waals surface area contributed by atoms with Crippen molar-refractivity contribution in [2.24, 2.45) is 0 Å². The average Bonchev–Trinajstić information content (AvgIpc) is 2.51. The minimum Gasteiger partial charge on any atom is -0.493 e. The van der Waals surface area contributed by atoms with Gasteiger partial charge in [0.2, 0.25) is 0 Å². The van der Waals surface area contributed by atoms with Gasteiger partial charge in [0, 0.05) is 6.42 Å². The van der Waals surface area contributed by atoms with Crippen molar-refractivity contribution in [1.29, 1.82) is 0 Å². The summed E-state index contributed by atoms with van der Waals surface area (Å²) in [5, 5.41) is 10.9. The molecular weight excluding hydrogens is 302 g/mol. The van der Waals surface area contributed by atoms with Gasteiger partial charge in [0.1, 0.15) is 5.75 Å². The lowest BCUT2D eigenvalue weighted by molar-refractivity contribution is -0.385. The van der Waals surface area contributed by atoms with E-state index in [-0.39, 0.29) is 17.2 Å². The molecule has 1 aromatic rings. The number of ether oxygens (including phenoxy) is 2. The number of esters is 1. The average molecular weight is 323 g/mol. The van der Waals surface area contributed by atoms with Crippen molar-refractivity contribution in [2.45, 2.75) is 39.5 Å². The van der Waals surface area contributed by atoms with Crippen LogP contribution in [0.25, 0.3) is 0 Å². The van der Waals surface area contributed by atoms with Crippen LogP contribution < -0.4 is 4.74 Å². The standard InChI is InChI=1S/C16H21NO6/c1-3-22-16(19)7-5-4-6-8-23-15-10-14(17(20)21)13(11-18)9-12(15)2/h9-11H,3-8H2,1-2H3. The topological polar surface area (TPSA) is 95.7 Å². The van der Waals surface area contributed by atoms with E-state index >= 15 is 0 Å². The number of nitrogens with zero attached hydrogens (tertiary/aromatic N) is 1. The molecule has 0 heterocycles. The maximum absolute atomic E-state index is 11.2. The molecule has 0 aliphatic carbocycles. The molecule has 0 atom stereocenters. The van der Waals surface area contributed by atoms with Crippen LogP contribution in [0.5, 0.6) is 5.75 Å². The SMILES string of the molecule is CCOC(=O)CCCCCOc1cc([N+](=O)[O-])c(C=O)cc1C. The third kappa shape index (κ3) is 6.06. The van der Waals surface area contributed by atoms with E-state index in [4.69, 9.17) is 9.47 Å². The van der Waals surface area contributed by atoms with E-state index in [2.05, 4.69) is 0 Å². The lowest BCUT2D eigenvalue weighted by Crippen LogP contribution is -2.04. The highest BCUT2D eigenvalue weighted by Crippen LogP contribution is 2.27. The van der Waals surface area contributed by atoms with E-state index in [1.165, 1.54) is 12.1 Å². The maximum Gasteiger partial charge on any atom is 0.305 e. The number of unbranched alkanes of at least 4 members (excludes halogenated alkanes) is 2. The van der Waals surface area contributed by atoms with Gasteiger partial charge in [-0.05, 0) is 44.7 Å². The molecule has 0 spiro atoms. The summed E-state index contributed by atoms with van der Waals surface area (Å²) in [4.78, 5) is 32.3. The van der Waals surface area contributed by atoms with Crippen LogP contribution in [0.3, 0.4) is 0 Å². The molecule has 0 aliphatic rings. The first-order chi connectivity index (χ1) is 11.0. The number of aryl methyl sites for hydroxylation is 1. The molecule has 7 heteroatoms. The molecule has 0 unspecified atom stereocenters. The quantitative estimate of drug-likeness (QED) is 0.216. The van der Waals surface area contributed by atoms with Crippen LogP contribution >= 0.6 is 0 Å². The molecule has 1 rings (SSSR count). The fourth-order valence-electron chi connectivity index (χ4n) is 2.07. The van der Waals surface area contributed by atoms with Crippen molar-refractivity contribution < 1.29 is 24.0 Å². The molecule has 1 aromatic carbocycles. The number of benzene rings is 1. The van der Waals surface area contributed by atoms with Gasteiger partial charge in [-0.25, -0.2) is 0 Å². The first-order valence-corrected chi connectivity index (χ1v) is 7.52. The summed E-state index contributed by atoms with van der Waals surface area (Å²) in [7, 11) is 0. The van der Waals surface area contributed by atoms with E-state index in [9.17, 15) is 19.7 Å².